The molecule has 3 heterocycles. The number of fused-ring (bicyclic) bond motifs is 1. The lowest BCUT2D eigenvalue weighted by Crippen LogP contribution is -2.41. The second kappa shape index (κ2) is 8.98. The Morgan fingerprint density at radius 3 is 2.65 bits per heavy atom. The van der Waals surface area contributed by atoms with E-state index in [2.05, 4.69) is 9.88 Å². The van der Waals surface area contributed by atoms with Crippen LogP contribution in [0.1, 0.15) is 25.7 Å². The number of nitrogens with zero attached hydrogens (tertiary/aromatic N) is 2. The maximum Gasteiger partial charge on any atom is 0.165 e. The predicted octanol–water partition coefficient (Wildman–Crippen LogP) is 4.07. The fourth-order valence-electron chi connectivity index (χ4n) is 3.86. The molecule has 4 rings (SSSR count). The van der Waals surface area contributed by atoms with E-state index in [4.69, 9.17) is 9.47 Å². The number of benzene rings is 1. The van der Waals surface area contributed by atoms with Crippen molar-refractivity contribution in [1.82, 2.24) is 9.88 Å². The zero-order valence-corrected chi connectivity index (χ0v) is 15.7. The van der Waals surface area contributed by atoms with Crippen LogP contribution in [-0.2, 0) is 4.74 Å². The fraction of sp³-hybridized carbons (Fsp3) is 0.550. The number of rotatable bonds is 4. The van der Waals surface area contributed by atoms with Crippen LogP contribution in [0.5, 0.6) is 5.75 Å². The van der Waals surface area contributed by atoms with Gasteiger partial charge in [-0.15, -0.1) is 12.4 Å². The largest absolute Gasteiger partial charge is 0.487 e. The van der Waals surface area contributed by atoms with Crippen molar-refractivity contribution in [2.45, 2.75) is 31.8 Å². The molecule has 1 aromatic heterocycles. The number of pyridine rings is 1. The molecule has 4 nitrogen and oxygen atoms in total. The van der Waals surface area contributed by atoms with E-state index in [0.717, 1.165) is 62.4 Å². The number of hydrogen-bond acceptors (Lipinski definition) is 4. The van der Waals surface area contributed by atoms with Crippen LogP contribution in [0.15, 0.2) is 30.6 Å². The van der Waals surface area contributed by atoms with Crippen LogP contribution in [0.4, 0.5) is 4.39 Å². The summed E-state index contributed by atoms with van der Waals surface area (Å²) in [5.41, 5.74) is 0. The molecule has 0 bridgehead atoms. The Balaban J connectivity index is 0.00000196. The molecule has 0 atom stereocenters. The SMILES string of the molecule is Cl.Fc1cc2cnccc2cc1OC1CCN(CC2CCOCC2)CC1. The fourth-order valence-corrected chi connectivity index (χ4v) is 3.86. The van der Waals surface area contributed by atoms with Crippen molar-refractivity contribution in [3.8, 4) is 5.75 Å². The molecule has 2 aromatic rings. The van der Waals surface area contributed by atoms with Gasteiger partial charge in [0.2, 0.25) is 0 Å². The van der Waals surface area contributed by atoms with Crippen molar-refractivity contribution in [2.75, 3.05) is 32.8 Å². The van der Waals surface area contributed by atoms with Gasteiger partial charge in [-0.1, -0.05) is 0 Å². The van der Waals surface area contributed by atoms with E-state index in [1.807, 2.05) is 6.07 Å². The number of piperidine rings is 1. The summed E-state index contributed by atoms with van der Waals surface area (Å²) in [6.07, 6.45) is 7.75. The molecule has 0 radical (unpaired) electrons. The standard InChI is InChI=1S/C20H25FN2O2.ClH/c21-19-11-17-13-22-6-1-16(17)12-20(19)25-18-2-7-23(8-3-18)14-15-4-9-24-10-5-15;/h1,6,11-13,15,18H,2-5,7-10,14H2;1H. The first kappa shape index (κ1) is 19.3. The van der Waals surface area contributed by atoms with Crippen LogP contribution in [0.25, 0.3) is 10.8 Å². The zero-order chi connectivity index (χ0) is 17.1. The molecule has 2 saturated heterocycles. The Morgan fingerprint density at radius 1 is 1.12 bits per heavy atom. The van der Waals surface area contributed by atoms with E-state index in [9.17, 15) is 4.39 Å². The van der Waals surface area contributed by atoms with E-state index in [-0.39, 0.29) is 24.3 Å². The average molecular weight is 381 g/mol. The minimum Gasteiger partial charge on any atom is -0.487 e. The van der Waals surface area contributed by atoms with E-state index in [0.29, 0.717) is 5.75 Å². The molecular formula is C20H26ClFN2O2. The maximum atomic E-state index is 14.3. The van der Waals surface area contributed by atoms with E-state index in [1.165, 1.54) is 18.9 Å². The van der Waals surface area contributed by atoms with Crippen LogP contribution in [0.2, 0.25) is 0 Å². The highest BCUT2D eigenvalue weighted by molar-refractivity contribution is 5.85. The molecule has 0 saturated carbocycles. The van der Waals surface area contributed by atoms with Gasteiger partial charge < -0.3 is 14.4 Å². The lowest BCUT2D eigenvalue weighted by molar-refractivity contribution is 0.0384. The molecular weight excluding hydrogens is 355 g/mol. The highest BCUT2D eigenvalue weighted by atomic mass is 35.5. The molecule has 0 spiro atoms. The normalized spacial score (nSPS) is 20.0. The van der Waals surface area contributed by atoms with Crippen molar-refractivity contribution in [2.24, 2.45) is 5.92 Å². The average Bonchev–Trinajstić information content (AvgIpc) is 2.65. The number of hydrogen-bond donors (Lipinski definition) is 0. The summed E-state index contributed by atoms with van der Waals surface area (Å²) < 4.78 is 25.7. The van der Waals surface area contributed by atoms with Gasteiger partial charge in [0, 0.05) is 50.6 Å². The van der Waals surface area contributed by atoms with Crippen molar-refractivity contribution in [1.29, 1.82) is 0 Å². The van der Waals surface area contributed by atoms with E-state index >= 15 is 0 Å². The summed E-state index contributed by atoms with van der Waals surface area (Å²) in [6.45, 7) is 5.03. The van der Waals surface area contributed by atoms with Gasteiger partial charge in [-0.2, -0.15) is 0 Å². The first-order valence-electron chi connectivity index (χ1n) is 9.28. The first-order valence-corrected chi connectivity index (χ1v) is 9.28. The Hall–Kier alpha value is -1.43. The summed E-state index contributed by atoms with van der Waals surface area (Å²) in [5.74, 6) is 0.824. The molecule has 1 aromatic carbocycles. The lowest BCUT2D eigenvalue weighted by atomic mass is 9.98. The summed E-state index contributed by atoms with van der Waals surface area (Å²) in [4.78, 5) is 6.56. The van der Waals surface area contributed by atoms with Gasteiger partial charge in [0.05, 0.1) is 0 Å². The lowest BCUT2D eigenvalue weighted by Gasteiger charge is -2.35. The summed E-state index contributed by atoms with van der Waals surface area (Å²) in [6, 6.07) is 5.19. The molecule has 2 fully saturated rings. The highest BCUT2D eigenvalue weighted by Gasteiger charge is 2.24. The molecule has 2 aliphatic rings. The smallest absolute Gasteiger partial charge is 0.165 e. The number of likely N-dealkylation sites (tertiary alicyclic amines) is 1. The van der Waals surface area contributed by atoms with Crippen molar-refractivity contribution >= 4 is 23.2 Å². The van der Waals surface area contributed by atoms with Gasteiger partial charge in [0.15, 0.2) is 11.6 Å². The monoisotopic (exact) mass is 380 g/mol. The van der Waals surface area contributed by atoms with Crippen molar-refractivity contribution < 1.29 is 13.9 Å². The molecule has 0 N–H and O–H groups in total. The van der Waals surface area contributed by atoms with Gasteiger partial charge in [-0.25, -0.2) is 4.39 Å². The van der Waals surface area contributed by atoms with Gasteiger partial charge >= 0.3 is 0 Å². The third-order valence-corrected chi connectivity index (χ3v) is 5.38. The third-order valence-electron chi connectivity index (χ3n) is 5.38. The van der Waals surface area contributed by atoms with Gasteiger partial charge in [0.1, 0.15) is 6.10 Å². The van der Waals surface area contributed by atoms with Crippen LogP contribution in [-0.4, -0.2) is 48.8 Å². The van der Waals surface area contributed by atoms with Crippen LogP contribution < -0.4 is 4.74 Å². The Bertz CT molecular complexity index is 716. The Morgan fingerprint density at radius 2 is 1.88 bits per heavy atom. The number of aromatic nitrogens is 1. The second-order valence-corrected chi connectivity index (χ2v) is 7.18. The minimum atomic E-state index is -0.301. The first-order chi connectivity index (χ1) is 12.3. The molecule has 142 valence electrons. The molecule has 0 unspecified atom stereocenters. The van der Waals surface area contributed by atoms with Gasteiger partial charge in [-0.3, -0.25) is 4.98 Å². The van der Waals surface area contributed by atoms with Crippen molar-refractivity contribution in [3.63, 3.8) is 0 Å². The van der Waals surface area contributed by atoms with E-state index in [1.54, 1.807) is 18.5 Å². The van der Waals surface area contributed by atoms with Gasteiger partial charge in [-0.05, 0) is 55.2 Å². The predicted molar refractivity (Wildman–Crippen MR) is 103 cm³/mol. The maximum absolute atomic E-state index is 14.3. The summed E-state index contributed by atoms with van der Waals surface area (Å²) in [7, 11) is 0. The van der Waals surface area contributed by atoms with Crippen LogP contribution in [0, 0.1) is 11.7 Å². The highest BCUT2D eigenvalue weighted by Crippen LogP contribution is 2.27. The van der Waals surface area contributed by atoms with Gasteiger partial charge in [0.25, 0.3) is 0 Å². The summed E-state index contributed by atoms with van der Waals surface area (Å²) in [5, 5.41) is 1.77. The summed E-state index contributed by atoms with van der Waals surface area (Å²) >= 11 is 0. The Labute approximate surface area is 160 Å². The number of ether oxygens (including phenoxy) is 2. The number of halogens is 2. The van der Waals surface area contributed by atoms with Crippen LogP contribution >= 0.6 is 12.4 Å². The third kappa shape index (κ3) is 4.64. The molecule has 0 aliphatic carbocycles. The van der Waals surface area contributed by atoms with E-state index < -0.39 is 0 Å². The minimum absolute atomic E-state index is 0. The molecule has 2 aliphatic heterocycles. The Kier molecular flexibility index (Phi) is 6.68. The molecule has 26 heavy (non-hydrogen) atoms. The molecule has 6 heteroatoms. The second-order valence-electron chi connectivity index (χ2n) is 7.18. The van der Waals surface area contributed by atoms with Crippen molar-refractivity contribution in [3.05, 3.63) is 36.4 Å². The zero-order valence-electron chi connectivity index (χ0n) is 14.9. The van der Waals surface area contributed by atoms with Crippen LogP contribution in [0.3, 0.4) is 0 Å². The quantitative estimate of drug-likeness (QED) is 0.801. The topological polar surface area (TPSA) is 34.6 Å². The molecule has 0 amide bonds.